The molecular weight excluding hydrogens is 260 g/mol. The molecule has 0 unspecified atom stereocenters. The van der Waals surface area contributed by atoms with Gasteiger partial charge >= 0.3 is 0 Å². The first kappa shape index (κ1) is 17.9. The summed E-state index contributed by atoms with van der Waals surface area (Å²) < 4.78 is 0. The van der Waals surface area contributed by atoms with Crippen LogP contribution in [0, 0.1) is 0 Å². The largest absolute Gasteiger partial charge is 0.355 e. The Morgan fingerprint density at radius 2 is 1.86 bits per heavy atom. The van der Waals surface area contributed by atoms with Gasteiger partial charge in [-0.25, -0.2) is 4.98 Å². The van der Waals surface area contributed by atoms with Gasteiger partial charge in [0, 0.05) is 31.9 Å². The van der Waals surface area contributed by atoms with Crippen molar-refractivity contribution in [1.29, 1.82) is 0 Å². The SMILES string of the molecule is CCCN(CCN(C)C)c1cc(CNC)cc(C(C)C)n1. The van der Waals surface area contributed by atoms with Crippen molar-refractivity contribution in [2.75, 3.05) is 45.7 Å². The number of aromatic nitrogens is 1. The Bertz CT molecular complexity index is 415. The summed E-state index contributed by atoms with van der Waals surface area (Å²) in [5, 5.41) is 3.24. The Labute approximate surface area is 130 Å². The number of nitrogens with zero attached hydrogens (tertiary/aromatic N) is 3. The Morgan fingerprint density at radius 1 is 1.14 bits per heavy atom. The van der Waals surface area contributed by atoms with Crippen LogP contribution in [0.4, 0.5) is 5.82 Å². The van der Waals surface area contributed by atoms with Crippen LogP contribution in [-0.2, 0) is 6.54 Å². The second-order valence-corrected chi connectivity index (χ2v) is 6.23. The molecule has 1 heterocycles. The minimum atomic E-state index is 0.456. The highest BCUT2D eigenvalue weighted by molar-refractivity contribution is 5.43. The lowest BCUT2D eigenvalue weighted by Gasteiger charge is -2.26. The number of pyridine rings is 1. The van der Waals surface area contributed by atoms with Gasteiger partial charge in [-0.1, -0.05) is 20.8 Å². The molecule has 0 aliphatic rings. The van der Waals surface area contributed by atoms with E-state index < -0.39 is 0 Å². The molecular formula is C17H32N4. The van der Waals surface area contributed by atoms with E-state index >= 15 is 0 Å². The number of rotatable bonds is 9. The molecule has 4 nitrogen and oxygen atoms in total. The van der Waals surface area contributed by atoms with E-state index in [4.69, 9.17) is 4.98 Å². The second-order valence-electron chi connectivity index (χ2n) is 6.23. The van der Waals surface area contributed by atoms with Crippen molar-refractivity contribution in [3.63, 3.8) is 0 Å². The third-order valence-corrected chi connectivity index (χ3v) is 3.50. The van der Waals surface area contributed by atoms with Crippen LogP contribution in [0.2, 0.25) is 0 Å². The molecule has 1 rings (SSSR count). The minimum Gasteiger partial charge on any atom is -0.355 e. The lowest BCUT2D eigenvalue weighted by atomic mass is 10.1. The molecule has 0 saturated carbocycles. The molecule has 4 heteroatoms. The van der Waals surface area contributed by atoms with E-state index in [1.165, 1.54) is 11.3 Å². The van der Waals surface area contributed by atoms with Gasteiger partial charge in [-0.3, -0.25) is 0 Å². The third kappa shape index (κ3) is 6.02. The Balaban J connectivity index is 3.03. The zero-order chi connectivity index (χ0) is 15.8. The van der Waals surface area contributed by atoms with E-state index in [1.807, 2.05) is 7.05 Å². The number of hydrogen-bond acceptors (Lipinski definition) is 4. The lowest BCUT2D eigenvalue weighted by Crippen LogP contribution is -2.33. The molecule has 120 valence electrons. The Kier molecular flexibility index (Phi) is 7.68. The first-order chi connectivity index (χ1) is 9.97. The summed E-state index contributed by atoms with van der Waals surface area (Å²) in [5.41, 5.74) is 2.50. The highest BCUT2D eigenvalue weighted by Gasteiger charge is 2.12. The van der Waals surface area contributed by atoms with Crippen LogP contribution in [0.1, 0.15) is 44.4 Å². The standard InChI is InChI=1S/C17H32N4/c1-7-8-21(10-9-20(5)6)17-12-15(13-18-4)11-16(19-17)14(2)3/h11-12,14,18H,7-10,13H2,1-6H3. The topological polar surface area (TPSA) is 31.4 Å². The summed E-state index contributed by atoms with van der Waals surface area (Å²) in [6.45, 7) is 10.7. The van der Waals surface area contributed by atoms with Crippen molar-refractivity contribution in [2.45, 2.75) is 39.7 Å². The summed E-state index contributed by atoms with van der Waals surface area (Å²) in [4.78, 5) is 9.53. The van der Waals surface area contributed by atoms with Gasteiger partial charge in [0.1, 0.15) is 5.82 Å². The molecule has 0 amide bonds. The summed E-state index contributed by atoms with van der Waals surface area (Å²) in [5.74, 6) is 1.58. The van der Waals surface area contributed by atoms with E-state index in [-0.39, 0.29) is 0 Å². The van der Waals surface area contributed by atoms with Crippen LogP contribution in [0.5, 0.6) is 0 Å². The van der Waals surface area contributed by atoms with Crippen molar-refractivity contribution in [2.24, 2.45) is 0 Å². The Hall–Kier alpha value is -1.13. The summed E-state index contributed by atoms with van der Waals surface area (Å²) in [6.07, 6.45) is 1.14. The van der Waals surface area contributed by atoms with E-state index in [0.29, 0.717) is 5.92 Å². The van der Waals surface area contributed by atoms with Crippen molar-refractivity contribution in [3.05, 3.63) is 23.4 Å². The molecule has 1 aromatic rings. The lowest BCUT2D eigenvalue weighted by molar-refractivity contribution is 0.412. The fourth-order valence-electron chi connectivity index (χ4n) is 2.29. The average molecular weight is 292 g/mol. The molecule has 1 aromatic heterocycles. The second kappa shape index (κ2) is 9.00. The van der Waals surface area contributed by atoms with Gasteiger partial charge < -0.3 is 15.1 Å². The zero-order valence-electron chi connectivity index (χ0n) is 14.6. The molecule has 21 heavy (non-hydrogen) atoms. The van der Waals surface area contributed by atoms with Gasteiger partial charge in [-0.15, -0.1) is 0 Å². The predicted molar refractivity (Wildman–Crippen MR) is 92.1 cm³/mol. The smallest absolute Gasteiger partial charge is 0.129 e. The van der Waals surface area contributed by atoms with E-state index in [2.05, 4.69) is 62.1 Å². The summed E-state index contributed by atoms with van der Waals surface area (Å²) in [6, 6.07) is 4.45. The first-order valence-corrected chi connectivity index (χ1v) is 8.03. The van der Waals surface area contributed by atoms with Crippen LogP contribution in [-0.4, -0.2) is 50.7 Å². The van der Waals surface area contributed by atoms with E-state index in [9.17, 15) is 0 Å². The van der Waals surface area contributed by atoms with Gasteiger partial charge in [0.15, 0.2) is 0 Å². The highest BCUT2D eigenvalue weighted by Crippen LogP contribution is 2.20. The average Bonchev–Trinajstić information content (AvgIpc) is 2.43. The van der Waals surface area contributed by atoms with Gasteiger partial charge in [0.25, 0.3) is 0 Å². The van der Waals surface area contributed by atoms with Crippen molar-refractivity contribution >= 4 is 5.82 Å². The first-order valence-electron chi connectivity index (χ1n) is 8.03. The molecule has 0 atom stereocenters. The molecule has 0 aliphatic carbocycles. The molecule has 0 aromatic carbocycles. The van der Waals surface area contributed by atoms with Gasteiger partial charge in [-0.2, -0.15) is 0 Å². The maximum absolute atomic E-state index is 4.89. The van der Waals surface area contributed by atoms with Crippen LogP contribution < -0.4 is 10.2 Å². The normalized spacial score (nSPS) is 11.4. The third-order valence-electron chi connectivity index (χ3n) is 3.50. The predicted octanol–water partition coefficient (Wildman–Crippen LogP) is 2.70. The quantitative estimate of drug-likeness (QED) is 0.758. The fraction of sp³-hybridized carbons (Fsp3) is 0.706. The number of anilines is 1. The van der Waals surface area contributed by atoms with Gasteiger partial charge in [0.2, 0.25) is 0 Å². The zero-order valence-corrected chi connectivity index (χ0v) is 14.6. The van der Waals surface area contributed by atoms with E-state index in [1.54, 1.807) is 0 Å². The molecule has 0 bridgehead atoms. The highest BCUT2D eigenvalue weighted by atomic mass is 15.2. The monoisotopic (exact) mass is 292 g/mol. The minimum absolute atomic E-state index is 0.456. The molecule has 0 radical (unpaired) electrons. The number of likely N-dealkylation sites (N-methyl/N-ethyl adjacent to an activating group) is 1. The van der Waals surface area contributed by atoms with E-state index in [0.717, 1.165) is 38.4 Å². The van der Waals surface area contributed by atoms with Gasteiger partial charge in [0.05, 0.1) is 0 Å². The summed E-state index contributed by atoms with van der Waals surface area (Å²) in [7, 11) is 6.23. The number of nitrogens with one attached hydrogen (secondary N) is 1. The fourth-order valence-corrected chi connectivity index (χ4v) is 2.29. The molecule has 0 spiro atoms. The molecule has 0 fully saturated rings. The van der Waals surface area contributed by atoms with Crippen molar-refractivity contribution in [1.82, 2.24) is 15.2 Å². The van der Waals surface area contributed by atoms with Crippen LogP contribution in [0.25, 0.3) is 0 Å². The summed E-state index contributed by atoms with van der Waals surface area (Å²) >= 11 is 0. The maximum Gasteiger partial charge on any atom is 0.129 e. The molecule has 0 aliphatic heterocycles. The van der Waals surface area contributed by atoms with Crippen LogP contribution in [0.15, 0.2) is 12.1 Å². The molecule has 0 saturated heterocycles. The Morgan fingerprint density at radius 3 is 2.38 bits per heavy atom. The van der Waals surface area contributed by atoms with Gasteiger partial charge in [-0.05, 0) is 51.2 Å². The molecule has 1 N–H and O–H groups in total. The van der Waals surface area contributed by atoms with Crippen LogP contribution in [0.3, 0.4) is 0 Å². The van der Waals surface area contributed by atoms with Crippen molar-refractivity contribution < 1.29 is 0 Å². The maximum atomic E-state index is 4.89. The van der Waals surface area contributed by atoms with Crippen molar-refractivity contribution in [3.8, 4) is 0 Å². The number of hydrogen-bond donors (Lipinski definition) is 1. The van der Waals surface area contributed by atoms with Crippen LogP contribution >= 0.6 is 0 Å².